The maximum atomic E-state index is 13.1. The summed E-state index contributed by atoms with van der Waals surface area (Å²) in [6.45, 7) is 5.71. The van der Waals surface area contributed by atoms with Crippen LogP contribution in [0, 0.1) is 12.7 Å². The molecule has 0 fully saturated rings. The van der Waals surface area contributed by atoms with E-state index in [9.17, 15) is 9.18 Å². The molecule has 34 heavy (non-hydrogen) atoms. The summed E-state index contributed by atoms with van der Waals surface area (Å²) in [6.07, 6.45) is 1.37. The molecule has 2 heterocycles. The molecule has 2 aromatic carbocycles. The van der Waals surface area contributed by atoms with Gasteiger partial charge in [-0.1, -0.05) is 6.07 Å². The fraction of sp³-hybridized carbons (Fsp3) is 0.400. The van der Waals surface area contributed by atoms with Gasteiger partial charge in [-0.25, -0.2) is 4.39 Å². The van der Waals surface area contributed by atoms with Crippen molar-refractivity contribution in [3.8, 4) is 11.5 Å². The third-order valence-corrected chi connectivity index (χ3v) is 6.19. The van der Waals surface area contributed by atoms with Crippen LogP contribution in [0.4, 0.5) is 4.39 Å². The lowest BCUT2D eigenvalue weighted by atomic mass is 10.1. The highest BCUT2D eigenvalue weighted by molar-refractivity contribution is 5.94. The van der Waals surface area contributed by atoms with Crippen LogP contribution in [0.25, 0.3) is 0 Å². The number of hydrogen-bond acceptors (Lipinski definition) is 6. The summed E-state index contributed by atoms with van der Waals surface area (Å²) >= 11 is 0. The minimum Gasteiger partial charge on any atom is -0.496 e. The maximum absolute atomic E-state index is 13.1. The Morgan fingerprint density at radius 2 is 1.85 bits per heavy atom. The van der Waals surface area contributed by atoms with Crippen LogP contribution in [-0.4, -0.2) is 59.4 Å². The van der Waals surface area contributed by atoms with Gasteiger partial charge in [0.15, 0.2) is 0 Å². The summed E-state index contributed by atoms with van der Waals surface area (Å²) in [5.74, 6) is 2.90. The second-order valence-electron chi connectivity index (χ2n) is 8.31. The summed E-state index contributed by atoms with van der Waals surface area (Å²) in [6, 6.07) is 9.55. The number of amides is 1. The lowest BCUT2D eigenvalue weighted by molar-refractivity contribution is 0.0954. The smallest absolute Gasteiger partial charge is 0.251 e. The third-order valence-electron chi connectivity index (χ3n) is 6.19. The SMILES string of the molecule is COc1ccc(CN2CCc3nnc(CCNC(=O)c4ccc(F)cc4)n3CC2)c(OC)c1C. The van der Waals surface area contributed by atoms with Gasteiger partial charge in [0, 0.05) is 62.3 Å². The number of fused-ring (bicyclic) bond motifs is 1. The molecule has 180 valence electrons. The van der Waals surface area contributed by atoms with Gasteiger partial charge >= 0.3 is 0 Å². The number of halogens is 1. The lowest BCUT2D eigenvalue weighted by Crippen LogP contribution is -2.28. The number of carbonyl (C=O) groups is 1. The van der Waals surface area contributed by atoms with Gasteiger partial charge in [-0.2, -0.15) is 0 Å². The van der Waals surface area contributed by atoms with Crippen molar-refractivity contribution in [2.24, 2.45) is 0 Å². The minimum absolute atomic E-state index is 0.231. The first-order valence-corrected chi connectivity index (χ1v) is 11.4. The Balaban J connectivity index is 1.35. The molecule has 4 rings (SSSR count). The van der Waals surface area contributed by atoms with Gasteiger partial charge in [-0.3, -0.25) is 9.69 Å². The number of rotatable bonds is 8. The number of carbonyl (C=O) groups excluding carboxylic acids is 1. The van der Waals surface area contributed by atoms with Gasteiger partial charge < -0.3 is 19.4 Å². The zero-order valence-corrected chi connectivity index (χ0v) is 19.8. The summed E-state index contributed by atoms with van der Waals surface area (Å²) in [7, 11) is 3.35. The first-order chi connectivity index (χ1) is 16.5. The number of nitrogens with zero attached hydrogens (tertiary/aromatic N) is 4. The molecule has 0 aliphatic carbocycles. The maximum Gasteiger partial charge on any atom is 0.251 e. The van der Waals surface area contributed by atoms with Crippen molar-refractivity contribution in [2.45, 2.75) is 32.9 Å². The van der Waals surface area contributed by atoms with Crippen LogP contribution in [0.5, 0.6) is 11.5 Å². The molecule has 0 saturated carbocycles. The molecule has 0 atom stereocenters. The molecular formula is C25H30FN5O3. The molecule has 0 spiro atoms. The van der Waals surface area contributed by atoms with Crippen LogP contribution in [0.3, 0.4) is 0 Å². The van der Waals surface area contributed by atoms with Gasteiger partial charge in [0.25, 0.3) is 5.91 Å². The standard InChI is InChI=1S/C25H30FN5O3/c1-17-21(33-2)9-6-19(24(17)34-3)16-30-13-11-23-29-28-22(31(23)15-14-30)10-12-27-25(32)18-4-7-20(26)8-5-18/h4-9H,10-16H2,1-3H3,(H,27,32). The Bertz CT molecular complexity index is 1150. The molecule has 3 aromatic rings. The van der Waals surface area contributed by atoms with E-state index in [1.807, 2.05) is 13.0 Å². The van der Waals surface area contributed by atoms with E-state index < -0.39 is 0 Å². The topological polar surface area (TPSA) is 81.5 Å². The Kier molecular flexibility index (Phi) is 7.42. The first kappa shape index (κ1) is 23.7. The summed E-state index contributed by atoms with van der Waals surface area (Å²) < 4.78 is 26.3. The van der Waals surface area contributed by atoms with E-state index in [4.69, 9.17) is 9.47 Å². The fourth-order valence-corrected chi connectivity index (χ4v) is 4.36. The third kappa shape index (κ3) is 5.20. The van der Waals surface area contributed by atoms with Crippen LogP contribution >= 0.6 is 0 Å². The van der Waals surface area contributed by atoms with Crippen LogP contribution in [0.2, 0.25) is 0 Å². The molecule has 1 aliphatic rings. The van der Waals surface area contributed by atoms with Gasteiger partial charge in [-0.05, 0) is 37.3 Å². The van der Waals surface area contributed by atoms with E-state index >= 15 is 0 Å². The molecule has 1 aromatic heterocycles. The average molecular weight is 468 g/mol. The quantitative estimate of drug-likeness (QED) is 0.549. The number of methoxy groups -OCH3 is 2. The van der Waals surface area contributed by atoms with Crippen LogP contribution in [0.15, 0.2) is 36.4 Å². The predicted molar refractivity (Wildman–Crippen MR) is 126 cm³/mol. The Hall–Kier alpha value is -3.46. The van der Waals surface area contributed by atoms with Crippen molar-refractivity contribution in [1.82, 2.24) is 25.0 Å². The molecule has 1 aliphatic heterocycles. The lowest BCUT2D eigenvalue weighted by Gasteiger charge is -2.22. The van der Waals surface area contributed by atoms with E-state index in [2.05, 4.69) is 31.0 Å². The molecule has 1 N–H and O–H groups in total. The highest BCUT2D eigenvalue weighted by atomic mass is 19.1. The monoisotopic (exact) mass is 467 g/mol. The summed E-state index contributed by atoms with van der Waals surface area (Å²) in [5.41, 5.74) is 2.56. The van der Waals surface area contributed by atoms with Crippen molar-refractivity contribution in [2.75, 3.05) is 33.9 Å². The molecular weight excluding hydrogens is 437 g/mol. The van der Waals surface area contributed by atoms with Gasteiger partial charge in [-0.15, -0.1) is 10.2 Å². The zero-order valence-electron chi connectivity index (χ0n) is 19.8. The molecule has 1 amide bonds. The minimum atomic E-state index is -0.364. The van der Waals surface area contributed by atoms with Crippen LogP contribution in [0.1, 0.15) is 33.1 Å². The molecule has 0 saturated heterocycles. The van der Waals surface area contributed by atoms with E-state index in [0.29, 0.717) is 18.5 Å². The molecule has 0 unspecified atom stereocenters. The van der Waals surface area contributed by atoms with Crippen molar-refractivity contribution in [1.29, 1.82) is 0 Å². The summed E-state index contributed by atoms with van der Waals surface area (Å²) in [4.78, 5) is 14.6. The number of ether oxygens (including phenoxy) is 2. The van der Waals surface area contributed by atoms with Crippen molar-refractivity contribution >= 4 is 5.91 Å². The van der Waals surface area contributed by atoms with Crippen molar-refractivity contribution in [3.05, 3.63) is 70.6 Å². The largest absolute Gasteiger partial charge is 0.496 e. The highest BCUT2D eigenvalue weighted by Crippen LogP contribution is 2.32. The molecule has 0 radical (unpaired) electrons. The second-order valence-corrected chi connectivity index (χ2v) is 8.31. The van der Waals surface area contributed by atoms with E-state index in [1.165, 1.54) is 24.3 Å². The second kappa shape index (κ2) is 10.6. The Labute approximate surface area is 198 Å². The highest BCUT2D eigenvalue weighted by Gasteiger charge is 2.21. The Morgan fingerprint density at radius 3 is 2.59 bits per heavy atom. The normalized spacial score (nSPS) is 13.8. The number of hydrogen-bond donors (Lipinski definition) is 1. The summed E-state index contributed by atoms with van der Waals surface area (Å²) in [5, 5.41) is 11.6. The first-order valence-electron chi connectivity index (χ1n) is 11.4. The van der Waals surface area contributed by atoms with E-state index in [1.54, 1.807) is 14.2 Å². The number of aromatic nitrogens is 3. The fourth-order valence-electron chi connectivity index (χ4n) is 4.36. The van der Waals surface area contributed by atoms with Crippen LogP contribution < -0.4 is 14.8 Å². The van der Waals surface area contributed by atoms with E-state index in [-0.39, 0.29) is 11.7 Å². The van der Waals surface area contributed by atoms with Gasteiger partial charge in [0.05, 0.1) is 14.2 Å². The van der Waals surface area contributed by atoms with E-state index in [0.717, 1.165) is 66.9 Å². The van der Waals surface area contributed by atoms with Crippen molar-refractivity contribution < 1.29 is 18.7 Å². The van der Waals surface area contributed by atoms with Gasteiger partial charge in [0.2, 0.25) is 0 Å². The zero-order chi connectivity index (χ0) is 24.1. The molecule has 0 bridgehead atoms. The Morgan fingerprint density at radius 1 is 1.06 bits per heavy atom. The van der Waals surface area contributed by atoms with Crippen LogP contribution in [-0.2, 0) is 25.9 Å². The number of benzene rings is 2. The predicted octanol–water partition coefficient (Wildman–Crippen LogP) is 2.77. The average Bonchev–Trinajstić information content (AvgIpc) is 3.11. The molecule has 9 heteroatoms. The van der Waals surface area contributed by atoms with Crippen molar-refractivity contribution in [3.63, 3.8) is 0 Å². The number of nitrogens with one attached hydrogen (secondary N) is 1. The molecule has 8 nitrogen and oxygen atoms in total. The van der Waals surface area contributed by atoms with Gasteiger partial charge in [0.1, 0.15) is 29.0 Å².